The Hall–Kier alpha value is -1.61. The van der Waals surface area contributed by atoms with Crippen LogP contribution in [0.5, 0.6) is 0 Å². The summed E-state index contributed by atoms with van der Waals surface area (Å²) in [6.07, 6.45) is 4.28. The van der Waals surface area contributed by atoms with E-state index in [1.54, 1.807) is 6.20 Å². The topological polar surface area (TPSA) is 40.7 Å². The molecular weight excluding hydrogens is 222 g/mol. The number of H-pyrrole nitrogens is 1. The average Bonchev–Trinajstić information content (AvgIpc) is 2.92. The maximum absolute atomic E-state index is 3.98. The van der Waals surface area contributed by atoms with Crippen molar-refractivity contribution in [1.29, 1.82) is 0 Å². The van der Waals surface area contributed by atoms with E-state index >= 15 is 0 Å². The number of aromatic nitrogens is 2. The Bertz CT molecular complexity index is 504. The highest BCUT2D eigenvalue weighted by Gasteiger charge is 2.23. The highest BCUT2D eigenvalue weighted by atomic mass is 15.1. The molecule has 1 aliphatic carbocycles. The van der Waals surface area contributed by atoms with Gasteiger partial charge in [0.1, 0.15) is 0 Å². The predicted octanol–water partition coefficient (Wildman–Crippen LogP) is 3.14. The van der Waals surface area contributed by atoms with Crippen molar-refractivity contribution in [1.82, 2.24) is 15.5 Å². The summed E-state index contributed by atoms with van der Waals surface area (Å²) in [7, 11) is 0. The molecule has 94 valence electrons. The molecule has 0 saturated carbocycles. The van der Waals surface area contributed by atoms with Gasteiger partial charge < -0.3 is 5.32 Å². The first kappa shape index (κ1) is 11.5. The third kappa shape index (κ3) is 2.18. The molecule has 3 rings (SSSR count). The van der Waals surface area contributed by atoms with E-state index in [-0.39, 0.29) is 0 Å². The summed E-state index contributed by atoms with van der Waals surface area (Å²) in [6, 6.07) is 11.3. The van der Waals surface area contributed by atoms with Crippen molar-refractivity contribution in [3.8, 4) is 0 Å². The fraction of sp³-hybridized carbons (Fsp3) is 0.400. The van der Waals surface area contributed by atoms with Crippen molar-refractivity contribution in [2.24, 2.45) is 0 Å². The average molecular weight is 241 g/mol. The van der Waals surface area contributed by atoms with Gasteiger partial charge in [-0.15, -0.1) is 0 Å². The number of benzene rings is 1. The monoisotopic (exact) mass is 241 g/mol. The van der Waals surface area contributed by atoms with Gasteiger partial charge in [-0.2, -0.15) is 5.10 Å². The molecule has 0 radical (unpaired) electrons. The van der Waals surface area contributed by atoms with Crippen LogP contribution in [-0.4, -0.2) is 10.2 Å². The van der Waals surface area contributed by atoms with Gasteiger partial charge in [-0.25, -0.2) is 0 Å². The summed E-state index contributed by atoms with van der Waals surface area (Å²) in [6.45, 7) is 3.18. The summed E-state index contributed by atoms with van der Waals surface area (Å²) in [5.41, 5.74) is 4.12. The lowest BCUT2D eigenvalue weighted by Gasteiger charge is -2.30. The van der Waals surface area contributed by atoms with Crippen LogP contribution in [0.15, 0.2) is 36.5 Å². The smallest absolute Gasteiger partial charge is 0.0490 e. The molecule has 3 nitrogen and oxygen atoms in total. The van der Waals surface area contributed by atoms with E-state index in [9.17, 15) is 0 Å². The maximum Gasteiger partial charge on any atom is 0.0490 e. The van der Waals surface area contributed by atoms with E-state index in [4.69, 9.17) is 0 Å². The van der Waals surface area contributed by atoms with Gasteiger partial charge in [-0.1, -0.05) is 31.2 Å². The molecule has 2 N–H and O–H groups in total. The van der Waals surface area contributed by atoms with Crippen LogP contribution in [-0.2, 0) is 6.54 Å². The lowest BCUT2D eigenvalue weighted by molar-refractivity contribution is 0.429. The van der Waals surface area contributed by atoms with Crippen molar-refractivity contribution in [3.63, 3.8) is 0 Å². The van der Waals surface area contributed by atoms with Crippen molar-refractivity contribution >= 4 is 0 Å². The summed E-state index contributed by atoms with van der Waals surface area (Å²) in [5, 5.41) is 10.6. The van der Waals surface area contributed by atoms with Crippen LogP contribution in [0.25, 0.3) is 0 Å². The molecule has 1 aromatic carbocycles. The Balaban J connectivity index is 1.76. The molecule has 2 atom stereocenters. The van der Waals surface area contributed by atoms with Crippen molar-refractivity contribution < 1.29 is 0 Å². The van der Waals surface area contributed by atoms with E-state index in [1.807, 2.05) is 6.07 Å². The fourth-order valence-electron chi connectivity index (χ4n) is 2.83. The minimum atomic E-state index is 0.473. The van der Waals surface area contributed by atoms with Gasteiger partial charge in [0.2, 0.25) is 0 Å². The number of nitrogens with one attached hydrogen (secondary N) is 2. The second kappa shape index (κ2) is 4.94. The zero-order valence-corrected chi connectivity index (χ0v) is 10.7. The Labute approximate surface area is 108 Å². The SMILES string of the molecule is CC1CCC(NCc2ccn[nH]2)c2ccccc21. The lowest BCUT2D eigenvalue weighted by Crippen LogP contribution is -2.26. The van der Waals surface area contributed by atoms with Crippen LogP contribution in [0.2, 0.25) is 0 Å². The van der Waals surface area contributed by atoms with Gasteiger partial charge in [0, 0.05) is 24.5 Å². The van der Waals surface area contributed by atoms with Crippen LogP contribution in [0.4, 0.5) is 0 Å². The third-order valence-corrected chi connectivity index (χ3v) is 3.89. The normalized spacial score (nSPS) is 22.7. The summed E-state index contributed by atoms with van der Waals surface area (Å²) >= 11 is 0. The predicted molar refractivity (Wildman–Crippen MR) is 72.3 cm³/mol. The molecule has 0 aliphatic heterocycles. The highest BCUT2D eigenvalue weighted by Crippen LogP contribution is 2.36. The van der Waals surface area contributed by atoms with Crippen LogP contribution in [0, 0.1) is 0 Å². The molecule has 0 amide bonds. The Morgan fingerprint density at radius 1 is 1.22 bits per heavy atom. The Morgan fingerprint density at radius 2 is 2.06 bits per heavy atom. The van der Waals surface area contributed by atoms with Crippen LogP contribution in [0.1, 0.15) is 48.5 Å². The fourth-order valence-corrected chi connectivity index (χ4v) is 2.83. The molecule has 0 bridgehead atoms. The molecule has 1 heterocycles. The van der Waals surface area contributed by atoms with Crippen molar-refractivity contribution in [2.45, 2.75) is 38.3 Å². The van der Waals surface area contributed by atoms with Crippen LogP contribution >= 0.6 is 0 Å². The van der Waals surface area contributed by atoms with Crippen molar-refractivity contribution in [2.75, 3.05) is 0 Å². The summed E-state index contributed by atoms with van der Waals surface area (Å²) in [5.74, 6) is 0.686. The van der Waals surface area contributed by atoms with E-state index in [1.165, 1.54) is 24.0 Å². The maximum atomic E-state index is 3.98. The van der Waals surface area contributed by atoms with E-state index in [2.05, 4.69) is 46.7 Å². The number of hydrogen-bond acceptors (Lipinski definition) is 2. The number of hydrogen-bond donors (Lipinski definition) is 2. The number of nitrogens with zero attached hydrogens (tertiary/aromatic N) is 1. The second-order valence-corrected chi connectivity index (χ2v) is 5.12. The van der Waals surface area contributed by atoms with Gasteiger partial charge in [-0.05, 0) is 36.0 Å². The van der Waals surface area contributed by atoms with Gasteiger partial charge >= 0.3 is 0 Å². The molecular formula is C15H19N3. The molecule has 0 fully saturated rings. The number of rotatable bonds is 3. The molecule has 0 saturated heterocycles. The quantitative estimate of drug-likeness (QED) is 0.866. The standard InChI is InChI=1S/C15H19N3/c1-11-6-7-15(14-5-3-2-4-13(11)14)16-10-12-8-9-17-18-12/h2-5,8-9,11,15-16H,6-7,10H2,1H3,(H,17,18). The number of aromatic amines is 1. The first-order valence-corrected chi connectivity index (χ1v) is 6.65. The van der Waals surface area contributed by atoms with Gasteiger partial charge in [0.15, 0.2) is 0 Å². The molecule has 2 aromatic rings. The number of fused-ring (bicyclic) bond motifs is 1. The van der Waals surface area contributed by atoms with E-state index in [0.717, 1.165) is 12.2 Å². The van der Waals surface area contributed by atoms with Gasteiger partial charge in [0.25, 0.3) is 0 Å². The zero-order chi connectivity index (χ0) is 12.4. The van der Waals surface area contributed by atoms with E-state index < -0.39 is 0 Å². The summed E-state index contributed by atoms with van der Waals surface area (Å²) < 4.78 is 0. The first-order valence-electron chi connectivity index (χ1n) is 6.65. The minimum absolute atomic E-state index is 0.473. The van der Waals surface area contributed by atoms with Gasteiger partial charge in [0.05, 0.1) is 0 Å². The molecule has 0 spiro atoms. The largest absolute Gasteiger partial charge is 0.304 e. The molecule has 1 aliphatic rings. The van der Waals surface area contributed by atoms with Gasteiger partial charge in [-0.3, -0.25) is 5.10 Å². The third-order valence-electron chi connectivity index (χ3n) is 3.89. The van der Waals surface area contributed by atoms with Crippen LogP contribution in [0.3, 0.4) is 0 Å². The second-order valence-electron chi connectivity index (χ2n) is 5.12. The van der Waals surface area contributed by atoms with Crippen molar-refractivity contribution in [3.05, 3.63) is 53.3 Å². The molecule has 18 heavy (non-hydrogen) atoms. The Kier molecular flexibility index (Phi) is 3.15. The molecule has 2 unspecified atom stereocenters. The Morgan fingerprint density at radius 3 is 2.83 bits per heavy atom. The first-order chi connectivity index (χ1) is 8.84. The van der Waals surface area contributed by atoms with Crippen LogP contribution < -0.4 is 5.32 Å². The molecule has 1 aromatic heterocycles. The highest BCUT2D eigenvalue weighted by molar-refractivity contribution is 5.34. The summed E-state index contributed by atoms with van der Waals surface area (Å²) in [4.78, 5) is 0. The molecule has 3 heteroatoms. The lowest BCUT2D eigenvalue weighted by atomic mass is 9.81. The minimum Gasteiger partial charge on any atom is -0.304 e. The van der Waals surface area contributed by atoms with E-state index in [0.29, 0.717) is 12.0 Å². The zero-order valence-electron chi connectivity index (χ0n) is 10.7.